The molecule has 0 saturated heterocycles. The molecule has 10 rings (SSSR count). The van der Waals surface area contributed by atoms with Crippen molar-refractivity contribution in [2.24, 2.45) is 0 Å². The lowest BCUT2D eigenvalue weighted by molar-refractivity contribution is 0.361. The maximum Gasteiger partial charge on any atom is 0.178 e. The van der Waals surface area contributed by atoms with E-state index in [-0.39, 0.29) is 11.3 Å². The highest BCUT2D eigenvalue weighted by Crippen LogP contribution is 2.59. The van der Waals surface area contributed by atoms with Gasteiger partial charge in [0.05, 0.1) is 0 Å². The van der Waals surface area contributed by atoms with Crippen LogP contribution in [-0.4, -0.2) is 6.21 Å². The Morgan fingerprint density at radius 2 is 0.930 bits per heavy atom. The van der Waals surface area contributed by atoms with Crippen LogP contribution in [0.2, 0.25) is 0 Å². The summed E-state index contributed by atoms with van der Waals surface area (Å²) in [5, 5.41) is 7.09. The fourth-order valence-electron chi connectivity index (χ4n) is 8.21. The molecule has 1 unspecified atom stereocenters. The summed E-state index contributed by atoms with van der Waals surface area (Å²) in [4.78, 5) is 0. The van der Waals surface area contributed by atoms with Crippen LogP contribution in [0.5, 0.6) is 23.0 Å². The molecular formula is C54H43NO2. The molecule has 3 nitrogen and oxygen atoms in total. The van der Waals surface area contributed by atoms with Crippen molar-refractivity contribution >= 4 is 6.21 Å². The lowest BCUT2D eigenvalue weighted by Crippen LogP contribution is -2.15. The van der Waals surface area contributed by atoms with Crippen molar-refractivity contribution in [3.8, 4) is 67.5 Å². The fourth-order valence-corrected chi connectivity index (χ4v) is 8.21. The first kappa shape index (κ1) is 35.7. The van der Waals surface area contributed by atoms with Crippen molar-refractivity contribution < 1.29 is 9.47 Å². The van der Waals surface area contributed by atoms with Gasteiger partial charge in [-0.15, -0.1) is 0 Å². The van der Waals surface area contributed by atoms with Crippen LogP contribution in [0.4, 0.5) is 0 Å². The van der Waals surface area contributed by atoms with Crippen molar-refractivity contribution in [1.82, 2.24) is 0 Å². The molecule has 57 heavy (non-hydrogen) atoms. The third-order valence-electron chi connectivity index (χ3n) is 11.5. The van der Waals surface area contributed by atoms with Crippen LogP contribution in [0.3, 0.4) is 0 Å². The van der Waals surface area contributed by atoms with E-state index in [2.05, 4.69) is 154 Å². The summed E-state index contributed by atoms with van der Waals surface area (Å²) in [5.74, 6) is 3.36. The van der Waals surface area contributed by atoms with Crippen molar-refractivity contribution in [2.45, 2.75) is 32.1 Å². The number of hydrogen-bond acceptors (Lipinski definition) is 3. The molecular weight excluding hydrogens is 695 g/mol. The number of hydrogen-bond donors (Lipinski definition) is 1. The van der Waals surface area contributed by atoms with Gasteiger partial charge in [-0.3, -0.25) is 0 Å². The van der Waals surface area contributed by atoms with Gasteiger partial charge in [-0.05, 0) is 73.3 Å². The predicted octanol–water partition coefficient (Wildman–Crippen LogP) is 14.7. The maximum absolute atomic E-state index is 7.09. The summed E-state index contributed by atoms with van der Waals surface area (Å²) < 4.78 is 13.3. The Labute approximate surface area is 335 Å². The van der Waals surface area contributed by atoms with Gasteiger partial charge in [0.2, 0.25) is 0 Å². The van der Waals surface area contributed by atoms with Crippen LogP contribution in [0.25, 0.3) is 44.5 Å². The Balaban J connectivity index is 0.000000255. The summed E-state index contributed by atoms with van der Waals surface area (Å²) in [5.41, 5.74) is 15.4. The average molecular weight is 738 g/mol. The molecule has 0 aromatic heterocycles. The van der Waals surface area contributed by atoms with Crippen LogP contribution >= 0.6 is 0 Å². The molecule has 1 atom stereocenters. The smallest absolute Gasteiger partial charge is 0.178 e. The van der Waals surface area contributed by atoms with Crippen molar-refractivity contribution in [3.63, 3.8) is 0 Å². The van der Waals surface area contributed by atoms with Crippen LogP contribution in [-0.2, 0) is 5.41 Å². The molecule has 0 amide bonds. The highest BCUT2D eigenvalue weighted by Gasteiger charge is 2.39. The van der Waals surface area contributed by atoms with Gasteiger partial charge in [-0.1, -0.05) is 197 Å². The summed E-state index contributed by atoms with van der Waals surface area (Å²) >= 11 is 0. The first-order valence-electron chi connectivity index (χ1n) is 19.6. The zero-order valence-electron chi connectivity index (χ0n) is 32.4. The van der Waals surface area contributed by atoms with Gasteiger partial charge in [0.1, 0.15) is 0 Å². The SMILES string of the molecule is CC(c1ccc(-c2ccccc2)cc1)c1ccc(-c2cccc3c2Oc2ccc4c(c2O3)-c2ccccc2C4(C)C)cc1.N=Cc1ccc(-c2ccccc2)cc1. The normalized spacial score (nSPS) is 13.2. The summed E-state index contributed by atoms with van der Waals surface area (Å²) in [6, 6.07) is 65.6. The molecule has 0 saturated carbocycles. The van der Waals surface area contributed by atoms with E-state index in [0.29, 0.717) is 0 Å². The molecule has 0 radical (unpaired) electrons. The summed E-state index contributed by atoms with van der Waals surface area (Å²) in [6.45, 7) is 6.83. The Morgan fingerprint density at radius 3 is 1.54 bits per heavy atom. The Kier molecular flexibility index (Phi) is 9.36. The third-order valence-corrected chi connectivity index (χ3v) is 11.5. The minimum atomic E-state index is -0.0880. The molecule has 8 aromatic carbocycles. The van der Waals surface area contributed by atoms with Gasteiger partial charge < -0.3 is 14.9 Å². The maximum atomic E-state index is 7.09. The Morgan fingerprint density at radius 1 is 0.439 bits per heavy atom. The van der Waals surface area contributed by atoms with E-state index in [1.165, 1.54) is 56.3 Å². The standard InChI is InChI=1S/C41H32O2.C13H11N/c1-26(27-16-20-30(21-17-27)29-10-5-4-6-11-29)28-18-22-31(23-19-28)32-13-9-15-36-39(32)42-37-25-24-35-38(40(37)43-36)33-12-7-8-14-34(33)41(35,2)3;14-10-11-6-8-13(9-7-11)12-4-2-1-3-5-12/h4-26H,1-3H3;1-10,14H. The van der Waals surface area contributed by atoms with E-state index in [9.17, 15) is 0 Å². The van der Waals surface area contributed by atoms with Gasteiger partial charge >= 0.3 is 0 Å². The lowest BCUT2D eigenvalue weighted by Gasteiger charge is -2.26. The average Bonchev–Trinajstić information content (AvgIpc) is 3.52. The van der Waals surface area contributed by atoms with E-state index in [1.807, 2.05) is 54.6 Å². The second-order valence-electron chi connectivity index (χ2n) is 15.3. The molecule has 3 heteroatoms. The van der Waals surface area contributed by atoms with Crippen LogP contribution in [0.1, 0.15) is 54.5 Å². The monoisotopic (exact) mass is 737 g/mol. The van der Waals surface area contributed by atoms with E-state index in [1.54, 1.807) is 0 Å². The lowest BCUT2D eigenvalue weighted by atomic mass is 9.82. The second-order valence-corrected chi connectivity index (χ2v) is 15.3. The molecule has 1 heterocycles. The Bertz CT molecular complexity index is 2700. The molecule has 1 aliphatic heterocycles. The molecule has 8 aromatic rings. The molecule has 1 aliphatic carbocycles. The zero-order valence-corrected chi connectivity index (χ0v) is 32.4. The minimum absolute atomic E-state index is 0.0880. The summed E-state index contributed by atoms with van der Waals surface area (Å²) in [7, 11) is 0. The number of fused-ring (bicyclic) bond motifs is 6. The highest BCUT2D eigenvalue weighted by atomic mass is 16.6. The van der Waals surface area contributed by atoms with Gasteiger partial charge in [-0.25, -0.2) is 0 Å². The fraction of sp³-hybridized carbons (Fsp3) is 0.0926. The molecule has 276 valence electrons. The second kappa shape index (κ2) is 14.9. The third kappa shape index (κ3) is 6.72. The summed E-state index contributed by atoms with van der Waals surface area (Å²) in [6.07, 6.45) is 1.36. The number of benzene rings is 8. The van der Waals surface area contributed by atoms with Gasteiger partial charge in [0, 0.05) is 28.7 Å². The number of nitrogens with one attached hydrogen (secondary N) is 1. The van der Waals surface area contributed by atoms with Crippen molar-refractivity contribution in [2.75, 3.05) is 0 Å². The van der Waals surface area contributed by atoms with Gasteiger partial charge in [0.25, 0.3) is 0 Å². The van der Waals surface area contributed by atoms with Crippen molar-refractivity contribution in [3.05, 3.63) is 216 Å². The topological polar surface area (TPSA) is 42.3 Å². The molecule has 0 bridgehead atoms. The first-order valence-corrected chi connectivity index (χ1v) is 19.6. The number of ether oxygens (including phenoxy) is 2. The van der Waals surface area contributed by atoms with E-state index < -0.39 is 0 Å². The largest absolute Gasteiger partial charge is 0.449 e. The van der Waals surface area contributed by atoms with E-state index in [0.717, 1.165) is 45.3 Å². The predicted molar refractivity (Wildman–Crippen MR) is 235 cm³/mol. The van der Waals surface area contributed by atoms with E-state index >= 15 is 0 Å². The number of para-hydroxylation sites is 1. The number of rotatable bonds is 6. The van der Waals surface area contributed by atoms with Crippen LogP contribution < -0.4 is 9.47 Å². The molecule has 0 fully saturated rings. The molecule has 0 spiro atoms. The molecule has 1 N–H and O–H groups in total. The van der Waals surface area contributed by atoms with Crippen LogP contribution in [0.15, 0.2) is 188 Å². The minimum Gasteiger partial charge on any atom is -0.449 e. The highest BCUT2D eigenvalue weighted by molar-refractivity contribution is 5.89. The van der Waals surface area contributed by atoms with Gasteiger partial charge in [-0.2, -0.15) is 0 Å². The van der Waals surface area contributed by atoms with Crippen LogP contribution in [0, 0.1) is 5.41 Å². The Hall–Kier alpha value is -6.97. The first-order chi connectivity index (χ1) is 27.9. The quantitative estimate of drug-likeness (QED) is 0.173. The molecule has 2 aliphatic rings. The van der Waals surface area contributed by atoms with Gasteiger partial charge in [0.15, 0.2) is 23.0 Å². The van der Waals surface area contributed by atoms with Crippen molar-refractivity contribution in [1.29, 1.82) is 5.41 Å². The van der Waals surface area contributed by atoms with E-state index in [4.69, 9.17) is 14.9 Å². The zero-order chi connectivity index (χ0) is 38.9.